The van der Waals surface area contributed by atoms with E-state index in [1.54, 1.807) is 18.2 Å². The number of anilines is 1. The van der Waals surface area contributed by atoms with Crippen LogP contribution in [0.3, 0.4) is 0 Å². The zero-order valence-electron chi connectivity index (χ0n) is 12.5. The van der Waals surface area contributed by atoms with E-state index in [-0.39, 0.29) is 11.0 Å². The maximum atomic E-state index is 12.4. The van der Waals surface area contributed by atoms with Crippen LogP contribution in [-0.4, -0.2) is 22.4 Å². The summed E-state index contributed by atoms with van der Waals surface area (Å²) in [5, 5.41) is 9.52. The van der Waals surface area contributed by atoms with E-state index in [0.717, 1.165) is 27.5 Å². The Balaban J connectivity index is 1.94. The van der Waals surface area contributed by atoms with Gasteiger partial charge < -0.3 is 9.84 Å². The molecule has 2 aromatic rings. The Hall–Kier alpha value is -1.83. The number of ether oxygens (including phenoxy) is 1. The molecule has 0 unspecified atom stereocenters. The number of hydrogen-bond acceptors (Lipinski definition) is 5. The van der Waals surface area contributed by atoms with Gasteiger partial charge in [-0.2, -0.15) is 0 Å². The molecule has 0 aliphatic carbocycles. The number of phenolic OH excluding ortho intramolecular Hbond substituents is 1. The second-order valence-corrected chi connectivity index (χ2v) is 7.22. The molecule has 1 saturated heterocycles. The summed E-state index contributed by atoms with van der Waals surface area (Å²) in [4.78, 5) is 15.0. The molecule has 4 nitrogen and oxygen atoms in total. The quantitative estimate of drug-likeness (QED) is 0.544. The lowest BCUT2D eigenvalue weighted by atomic mass is 10.2. The number of rotatable bonds is 3. The Bertz CT molecular complexity index is 867. The third-order valence-electron chi connectivity index (χ3n) is 3.36. The monoisotopic (exact) mass is 421 g/mol. The molecular weight excluding hydrogens is 410 g/mol. The smallest absolute Gasteiger partial charge is 0.296 e. The Kier molecular flexibility index (Phi) is 4.93. The molecule has 0 radical (unpaired) electrons. The summed E-state index contributed by atoms with van der Waals surface area (Å²) in [5.74, 6) is 0.432. The molecule has 3 rings (SSSR count). The second-order valence-electron chi connectivity index (χ2n) is 4.93. The third-order valence-corrected chi connectivity index (χ3v) is 5.27. The zero-order valence-corrected chi connectivity index (χ0v) is 15.7. The maximum Gasteiger partial charge on any atom is 0.296 e. The second kappa shape index (κ2) is 6.96. The van der Waals surface area contributed by atoms with E-state index < -0.39 is 0 Å². The molecule has 1 aliphatic rings. The van der Waals surface area contributed by atoms with Crippen molar-refractivity contribution in [2.75, 3.05) is 12.0 Å². The van der Waals surface area contributed by atoms with Crippen molar-refractivity contribution in [1.82, 2.24) is 0 Å². The number of benzene rings is 2. The van der Waals surface area contributed by atoms with Crippen molar-refractivity contribution in [2.24, 2.45) is 0 Å². The molecule has 0 bridgehead atoms. The van der Waals surface area contributed by atoms with E-state index >= 15 is 0 Å². The fraction of sp³-hybridized carbons (Fsp3) is 0.0588. The summed E-state index contributed by atoms with van der Waals surface area (Å²) >= 11 is 9.95. The number of thiocarbonyl (C=S) groups is 1. The lowest BCUT2D eigenvalue weighted by Crippen LogP contribution is -2.26. The van der Waals surface area contributed by atoms with Gasteiger partial charge in [0.1, 0.15) is 4.99 Å². The molecule has 0 saturated carbocycles. The Morgan fingerprint density at radius 2 is 2.08 bits per heavy atom. The molecule has 0 aromatic heterocycles. The van der Waals surface area contributed by atoms with Crippen LogP contribution in [0.15, 0.2) is 51.8 Å². The first kappa shape index (κ1) is 17.0. The lowest BCUT2D eigenvalue weighted by molar-refractivity contribution is 0.268. The van der Waals surface area contributed by atoms with Gasteiger partial charge in [0.15, 0.2) is 11.5 Å². The highest BCUT2D eigenvalue weighted by Crippen LogP contribution is 2.38. The highest BCUT2D eigenvalue weighted by molar-refractivity contribution is 9.10. The van der Waals surface area contributed by atoms with Crippen molar-refractivity contribution < 1.29 is 14.6 Å². The summed E-state index contributed by atoms with van der Waals surface area (Å²) in [6, 6.07) is 12.4. The molecule has 2 aromatic carbocycles. The largest absolute Gasteiger partial charge is 0.504 e. The van der Waals surface area contributed by atoms with E-state index in [1.807, 2.05) is 30.3 Å². The number of carbonyl (C=O) groups is 1. The van der Waals surface area contributed by atoms with Gasteiger partial charge in [0.25, 0.3) is 5.24 Å². The van der Waals surface area contributed by atoms with Crippen LogP contribution in [0.2, 0.25) is 0 Å². The van der Waals surface area contributed by atoms with E-state index in [4.69, 9.17) is 17.0 Å². The first-order valence-electron chi connectivity index (χ1n) is 6.90. The predicted octanol–water partition coefficient (Wildman–Crippen LogP) is 5.21. The number of carbonyl (C=O) groups excluding carboxylic acids is 1. The molecule has 1 heterocycles. The minimum absolute atomic E-state index is 0.0631. The highest BCUT2D eigenvalue weighted by Gasteiger charge is 2.33. The summed E-state index contributed by atoms with van der Waals surface area (Å²) in [7, 11) is 1.49. The van der Waals surface area contributed by atoms with E-state index in [2.05, 4.69) is 15.9 Å². The first-order chi connectivity index (χ1) is 11.5. The van der Waals surface area contributed by atoms with Crippen molar-refractivity contribution in [3.8, 4) is 11.5 Å². The van der Waals surface area contributed by atoms with Gasteiger partial charge in [-0.05, 0) is 53.7 Å². The van der Waals surface area contributed by atoms with Crippen LogP contribution in [0.25, 0.3) is 6.08 Å². The van der Waals surface area contributed by atoms with Gasteiger partial charge in [-0.15, -0.1) is 0 Å². The van der Waals surface area contributed by atoms with Gasteiger partial charge in [-0.25, -0.2) is 0 Å². The molecule has 0 spiro atoms. The Labute approximate surface area is 157 Å². The van der Waals surface area contributed by atoms with Crippen molar-refractivity contribution >= 4 is 61.9 Å². The fourth-order valence-corrected chi connectivity index (χ4v) is 3.91. The molecular formula is C17H12BrNO3S2. The van der Waals surface area contributed by atoms with Gasteiger partial charge in [-0.1, -0.05) is 40.3 Å². The number of halogens is 1. The first-order valence-corrected chi connectivity index (χ1v) is 8.92. The molecule has 24 heavy (non-hydrogen) atoms. The molecule has 0 atom stereocenters. The van der Waals surface area contributed by atoms with Gasteiger partial charge >= 0.3 is 0 Å². The topological polar surface area (TPSA) is 49.8 Å². The summed E-state index contributed by atoms with van der Waals surface area (Å²) < 4.78 is 5.98. The number of phenols is 1. The molecule has 1 N–H and O–H groups in total. The number of methoxy groups -OCH3 is 1. The molecule has 1 aliphatic heterocycles. The van der Waals surface area contributed by atoms with Crippen molar-refractivity contribution in [1.29, 1.82) is 0 Å². The van der Waals surface area contributed by atoms with Crippen LogP contribution >= 0.6 is 39.9 Å². The van der Waals surface area contributed by atoms with E-state index in [9.17, 15) is 9.90 Å². The highest BCUT2D eigenvalue weighted by atomic mass is 79.9. The van der Waals surface area contributed by atoms with Crippen molar-refractivity contribution in [2.45, 2.75) is 0 Å². The Morgan fingerprint density at radius 1 is 1.29 bits per heavy atom. The van der Waals surface area contributed by atoms with Crippen molar-refractivity contribution in [3.05, 3.63) is 57.4 Å². The Morgan fingerprint density at radius 3 is 2.79 bits per heavy atom. The van der Waals surface area contributed by atoms with Crippen LogP contribution in [0, 0.1) is 0 Å². The average Bonchev–Trinajstić information content (AvgIpc) is 2.83. The van der Waals surface area contributed by atoms with Crippen LogP contribution in [0.4, 0.5) is 10.5 Å². The number of aromatic hydroxyl groups is 1. The van der Waals surface area contributed by atoms with Crippen LogP contribution in [0.1, 0.15) is 5.56 Å². The zero-order chi connectivity index (χ0) is 17.3. The summed E-state index contributed by atoms with van der Waals surface area (Å²) in [6.45, 7) is 0. The van der Waals surface area contributed by atoms with E-state index in [0.29, 0.717) is 15.6 Å². The number of nitrogens with zero attached hydrogens (tertiary/aromatic N) is 1. The van der Waals surface area contributed by atoms with E-state index in [1.165, 1.54) is 12.0 Å². The molecule has 7 heteroatoms. The summed E-state index contributed by atoms with van der Waals surface area (Å²) in [5.41, 5.74) is 1.51. The number of amides is 1. The standard InChI is InChI=1S/C17H12BrNO3S2/c1-22-14-7-10(5-6-13(14)20)8-15-16(23)19(17(21)24-15)12-4-2-3-11(18)9-12/h2-9,20H,1H3. The fourth-order valence-electron chi connectivity index (χ4n) is 2.24. The molecule has 122 valence electrons. The number of thioether (sulfide) groups is 1. The third kappa shape index (κ3) is 3.33. The van der Waals surface area contributed by atoms with Crippen molar-refractivity contribution in [3.63, 3.8) is 0 Å². The van der Waals surface area contributed by atoms with Gasteiger partial charge in [-0.3, -0.25) is 9.69 Å². The summed E-state index contributed by atoms with van der Waals surface area (Å²) in [6.07, 6.45) is 1.81. The van der Waals surface area contributed by atoms with Crippen LogP contribution < -0.4 is 9.64 Å². The van der Waals surface area contributed by atoms with Crippen LogP contribution in [-0.2, 0) is 0 Å². The van der Waals surface area contributed by atoms with Crippen LogP contribution in [0.5, 0.6) is 11.5 Å². The van der Waals surface area contributed by atoms with Gasteiger partial charge in [0.05, 0.1) is 17.7 Å². The number of hydrogen-bond donors (Lipinski definition) is 1. The average molecular weight is 422 g/mol. The maximum absolute atomic E-state index is 12.4. The SMILES string of the molecule is COc1cc(C=C2SC(=O)N(c3cccc(Br)c3)C2=S)ccc1O. The lowest BCUT2D eigenvalue weighted by Gasteiger charge is -2.14. The predicted molar refractivity (Wildman–Crippen MR) is 105 cm³/mol. The minimum atomic E-state index is -0.143. The van der Waals surface area contributed by atoms with Gasteiger partial charge in [0, 0.05) is 4.47 Å². The normalized spacial score (nSPS) is 16.1. The minimum Gasteiger partial charge on any atom is -0.504 e. The van der Waals surface area contributed by atoms with Gasteiger partial charge in [0.2, 0.25) is 0 Å². The molecule has 1 fully saturated rings. The molecule has 1 amide bonds.